The Morgan fingerprint density at radius 1 is 1.33 bits per heavy atom. The van der Waals surface area contributed by atoms with Gasteiger partial charge in [-0.25, -0.2) is 0 Å². The van der Waals surface area contributed by atoms with Gasteiger partial charge in [0, 0.05) is 0 Å². The molecule has 1 aliphatic rings. The molecule has 0 aromatic carbocycles. The quantitative estimate of drug-likeness (QED) is 0.540. The van der Waals surface area contributed by atoms with Crippen LogP contribution in [0.5, 0.6) is 0 Å². The van der Waals surface area contributed by atoms with Crippen molar-refractivity contribution in [3.05, 3.63) is 0 Å². The molecule has 6 heavy (non-hydrogen) atoms. The van der Waals surface area contributed by atoms with Gasteiger partial charge in [0.05, 0.1) is 0 Å². The summed E-state index contributed by atoms with van der Waals surface area (Å²) in [7, 11) is 0. The van der Waals surface area contributed by atoms with Crippen molar-refractivity contribution >= 4 is 0 Å². The number of rotatable bonds is 0. The van der Waals surface area contributed by atoms with E-state index in [-0.39, 0.29) is 0 Å². The SMILES string of the molecule is C1C[CH2][Pd][NH]C1. The van der Waals surface area contributed by atoms with Crippen molar-refractivity contribution in [3.8, 4) is 0 Å². The van der Waals surface area contributed by atoms with Gasteiger partial charge in [-0.2, -0.15) is 0 Å². The molecule has 0 aliphatic carbocycles. The Kier molecular flexibility index (Phi) is 2.18. The van der Waals surface area contributed by atoms with E-state index in [4.69, 9.17) is 0 Å². The number of nitrogens with one attached hydrogen (secondary N) is 1. The van der Waals surface area contributed by atoms with Crippen LogP contribution in [0.25, 0.3) is 0 Å². The zero-order valence-electron chi connectivity index (χ0n) is 3.64. The van der Waals surface area contributed by atoms with E-state index in [1.807, 2.05) is 0 Å². The molecular weight excluding hydrogens is 168 g/mol. The van der Waals surface area contributed by atoms with Crippen LogP contribution >= 0.6 is 0 Å². The molecule has 1 heterocycles. The van der Waals surface area contributed by atoms with Gasteiger partial charge in [-0.15, -0.1) is 0 Å². The third kappa shape index (κ3) is 1.38. The summed E-state index contributed by atoms with van der Waals surface area (Å²) in [6.45, 7) is 1.27. The first-order valence-corrected chi connectivity index (χ1v) is 4.11. The Labute approximate surface area is 46.9 Å². The molecule has 1 fully saturated rings. The minimum absolute atomic E-state index is 0.893. The molecule has 0 unspecified atom stereocenters. The third-order valence-corrected chi connectivity index (χ3v) is 2.49. The molecule has 0 aromatic rings. The fourth-order valence-electron chi connectivity index (χ4n) is 0.428. The Bertz CT molecular complexity index is 23.0. The Morgan fingerprint density at radius 2 is 2.33 bits per heavy atom. The van der Waals surface area contributed by atoms with Crippen LogP contribution in [0, 0.1) is 0 Å². The summed E-state index contributed by atoms with van der Waals surface area (Å²) in [6.07, 6.45) is 2.86. The summed E-state index contributed by atoms with van der Waals surface area (Å²) >= 11 is 0.893. The number of hydrogen-bond donors (Lipinski definition) is 1. The van der Waals surface area contributed by atoms with Crippen LogP contribution in [-0.4, -0.2) is 6.54 Å². The fourth-order valence-corrected chi connectivity index (χ4v) is 1.92. The van der Waals surface area contributed by atoms with Gasteiger partial charge in [-0.3, -0.25) is 0 Å². The maximum absolute atomic E-state index is 3.33. The van der Waals surface area contributed by atoms with Gasteiger partial charge in [0.1, 0.15) is 0 Å². The molecule has 1 aliphatic heterocycles. The van der Waals surface area contributed by atoms with Gasteiger partial charge in [0.2, 0.25) is 0 Å². The standard InChI is InChI=1S/C4H9N.Pd/c1-2-3-4-5;/h5H,1-4H2;/q-1;+1. The second-order valence-electron chi connectivity index (χ2n) is 1.34. The van der Waals surface area contributed by atoms with E-state index in [2.05, 4.69) is 3.95 Å². The van der Waals surface area contributed by atoms with E-state index in [1.165, 1.54) is 24.3 Å². The summed E-state index contributed by atoms with van der Waals surface area (Å²) in [5.74, 6) is 0. The molecule has 1 nitrogen and oxygen atoms in total. The second-order valence-corrected chi connectivity index (χ2v) is 3.22. The van der Waals surface area contributed by atoms with Crippen LogP contribution in [0.1, 0.15) is 12.8 Å². The van der Waals surface area contributed by atoms with Crippen molar-refractivity contribution in [1.82, 2.24) is 3.95 Å². The van der Waals surface area contributed by atoms with E-state index in [9.17, 15) is 0 Å². The molecule has 1 rings (SSSR count). The van der Waals surface area contributed by atoms with E-state index >= 15 is 0 Å². The molecule has 0 amide bonds. The molecule has 0 bridgehead atoms. The summed E-state index contributed by atoms with van der Waals surface area (Å²) in [6, 6.07) is 0. The summed E-state index contributed by atoms with van der Waals surface area (Å²) < 4.78 is 3.33. The van der Waals surface area contributed by atoms with Gasteiger partial charge in [0.25, 0.3) is 0 Å². The summed E-state index contributed by atoms with van der Waals surface area (Å²) in [5.41, 5.74) is 0. The average Bonchev–Trinajstić information content (AvgIpc) is 1.72. The van der Waals surface area contributed by atoms with Crippen molar-refractivity contribution in [2.24, 2.45) is 0 Å². The van der Waals surface area contributed by atoms with Crippen LogP contribution in [0.4, 0.5) is 0 Å². The monoisotopic (exact) mass is 177 g/mol. The Hall–Kier alpha value is 0.622. The van der Waals surface area contributed by atoms with Gasteiger partial charge >= 0.3 is 46.5 Å². The predicted octanol–water partition coefficient (Wildman–Crippen LogP) is 0.786. The average molecular weight is 178 g/mol. The van der Waals surface area contributed by atoms with Gasteiger partial charge < -0.3 is 0 Å². The normalized spacial score (nSPS) is 25.3. The molecule has 0 spiro atoms. The molecular formula is C4H9NPd. The molecule has 0 saturated carbocycles. The molecule has 1 saturated heterocycles. The maximum atomic E-state index is 3.33. The van der Waals surface area contributed by atoms with Crippen molar-refractivity contribution < 1.29 is 18.2 Å². The van der Waals surface area contributed by atoms with Gasteiger partial charge in [-0.05, 0) is 0 Å². The summed E-state index contributed by atoms with van der Waals surface area (Å²) in [5, 5.41) is 0. The second kappa shape index (κ2) is 2.74. The van der Waals surface area contributed by atoms with E-state index in [0.717, 1.165) is 18.2 Å². The Morgan fingerprint density at radius 3 is 2.50 bits per heavy atom. The molecule has 1 N–H and O–H groups in total. The van der Waals surface area contributed by atoms with Crippen molar-refractivity contribution in [3.63, 3.8) is 0 Å². The zero-order valence-corrected chi connectivity index (χ0v) is 5.20. The van der Waals surface area contributed by atoms with Crippen LogP contribution in [0.15, 0.2) is 0 Å². The van der Waals surface area contributed by atoms with Crippen molar-refractivity contribution in [2.45, 2.75) is 17.7 Å². The van der Waals surface area contributed by atoms with Crippen LogP contribution in [0.2, 0.25) is 4.89 Å². The fraction of sp³-hybridized carbons (Fsp3) is 1.00. The van der Waals surface area contributed by atoms with E-state index < -0.39 is 0 Å². The van der Waals surface area contributed by atoms with Crippen molar-refractivity contribution in [2.75, 3.05) is 6.54 Å². The van der Waals surface area contributed by atoms with Crippen molar-refractivity contribution in [1.29, 1.82) is 0 Å². The Balaban J connectivity index is 2.00. The molecule has 0 atom stereocenters. The van der Waals surface area contributed by atoms with Gasteiger partial charge in [-0.1, -0.05) is 0 Å². The molecule has 40 valence electrons. The first kappa shape index (κ1) is 4.77. The van der Waals surface area contributed by atoms with Crippen LogP contribution in [-0.2, 0) is 18.2 Å². The molecule has 0 aromatic heterocycles. The first-order chi connectivity index (χ1) is 3.00. The number of hydrogen-bond acceptors (Lipinski definition) is 1. The minimum atomic E-state index is 0.893. The predicted molar refractivity (Wildman–Crippen MR) is 22.0 cm³/mol. The van der Waals surface area contributed by atoms with Crippen LogP contribution in [0.3, 0.4) is 0 Å². The van der Waals surface area contributed by atoms with Crippen LogP contribution < -0.4 is 3.95 Å². The van der Waals surface area contributed by atoms with E-state index in [0.29, 0.717) is 0 Å². The van der Waals surface area contributed by atoms with Gasteiger partial charge in [0.15, 0.2) is 0 Å². The first-order valence-electron chi connectivity index (χ1n) is 2.24. The molecule has 0 radical (unpaired) electrons. The zero-order chi connectivity index (χ0) is 4.24. The topological polar surface area (TPSA) is 12.0 Å². The summed E-state index contributed by atoms with van der Waals surface area (Å²) in [4.78, 5) is 1.44. The molecule has 2 heteroatoms. The third-order valence-electron chi connectivity index (χ3n) is 0.776. The van der Waals surface area contributed by atoms with E-state index in [1.54, 1.807) is 0 Å².